The van der Waals surface area contributed by atoms with E-state index in [0.717, 1.165) is 5.82 Å². The van der Waals surface area contributed by atoms with Crippen molar-refractivity contribution in [3.05, 3.63) is 5.82 Å². The highest BCUT2D eigenvalue weighted by atomic mass is 28.3. The Hall–Kier alpha value is -0.643. The van der Waals surface area contributed by atoms with Crippen LogP contribution in [0.2, 0.25) is 12.1 Å². The molecule has 0 amide bonds. The van der Waals surface area contributed by atoms with E-state index in [1.165, 1.54) is 17.5 Å². The van der Waals surface area contributed by atoms with Crippen molar-refractivity contribution in [2.75, 3.05) is 0 Å². The molecule has 3 nitrogen and oxygen atoms in total. The average molecular weight is 181 g/mol. The Morgan fingerprint density at radius 1 is 1.33 bits per heavy atom. The first-order chi connectivity index (χ1) is 5.70. The Balaban J connectivity index is 2.33. The summed E-state index contributed by atoms with van der Waals surface area (Å²) in [7, 11) is 1.56. The lowest BCUT2D eigenvalue weighted by atomic mass is 10.2. The molecule has 4 heteroatoms. The summed E-state index contributed by atoms with van der Waals surface area (Å²) in [5.41, 5.74) is 1.32. The highest BCUT2D eigenvalue weighted by molar-refractivity contribution is 6.81. The highest BCUT2D eigenvalue weighted by Gasteiger charge is 2.31. The van der Waals surface area contributed by atoms with Crippen LogP contribution in [0.1, 0.15) is 25.6 Å². The fourth-order valence-electron chi connectivity index (χ4n) is 1.55. The van der Waals surface area contributed by atoms with Crippen LogP contribution >= 0.6 is 0 Å². The molecule has 1 fully saturated rings. The van der Waals surface area contributed by atoms with E-state index in [1.807, 2.05) is 0 Å². The first-order valence-corrected chi connectivity index (χ1v) is 6.80. The Kier molecular flexibility index (Phi) is 1.79. The zero-order chi connectivity index (χ0) is 8.72. The molecule has 1 aromatic rings. The van der Waals surface area contributed by atoms with Gasteiger partial charge in [-0.25, -0.2) is 0 Å². The second kappa shape index (κ2) is 2.69. The van der Waals surface area contributed by atoms with Crippen molar-refractivity contribution in [3.63, 3.8) is 0 Å². The van der Waals surface area contributed by atoms with Crippen LogP contribution in [0.5, 0.6) is 0 Å². The van der Waals surface area contributed by atoms with Gasteiger partial charge in [0.05, 0.1) is 0 Å². The fourth-order valence-corrected chi connectivity index (χ4v) is 3.64. The zero-order valence-corrected chi connectivity index (χ0v) is 9.07. The summed E-state index contributed by atoms with van der Waals surface area (Å²) in [6.45, 7) is 4.34. The molecule has 1 aromatic heterocycles. The van der Waals surface area contributed by atoms with Crippen LogP contribution in [0, 0.1) is 0 Å². The molecule has 2 rings (SSSR count). The lowest BCUT2D eigenvalue weighted by Gasteiger charge is -2.04. The van der Waals surface area contributed by atoms with Gasteiger partial charge in [-0.2, -0.15) is 0 Å². The van der Waals surface area contributed by atoms with Crippen molar-refractivity contribution >= 4 is 14.2 Å². The van der Waals surface area contributed by atoms with E-state index in [-0.39, 0.29) is 0 Å². The molecule has 1 aliphatic rings. The van der Waals surface area contributed by atoms with Gasteiger partial charge in [0.2, 0.25) is 0 Å². The standard InChI is InChI=1S/C8H15N3Si/c1-6(2)7-9-10-8(11(7)3)12-4-5-12/h6,12H,4-5H2,1-3H3. The predicted molar refractivity (Wildman–Crippen MR) is 51.5 cm³/mol. The Bertz CT molecular complexity index is 269. The topological polar surface area (TPSA) is 30.7 Å². The minimum Gasteiger partial charge on any atom is -0.322 e. The van der Waals surface area contributed by atoms with E-state index in [0.29, 0.717) is 5.92 Å². The minimum atomic E-state index is -0.549. The maximum atomic E-state index is 4.27. The van der Waals surface area contributed by atoms with Crippen LogP contribution in [-0.4, -0.2) is 23.6 Å². The van der Waals surface area contributed by atoms with Gasteiger partial charge in [-0.15, -0.1) is 10.2 Å². The van der Waals surface area contributed by atoms with E-state index < -0.39 is 8.80 Å². The van der Waals surface area contributed by atoms with Gasteiger partial charge >= 0.3 is 0 Å². The molecule has 66 valence electrons. The van der Waals surface area contributed by atoms with Crippen LogP contribution in [-0.2, 0) is 7.05 Å². The fraction of sp³-hybridized carbons (Fsp3) is 0.750. The van der Waals surface area contributed by atoms with Crippen molar-refractivity contribution in [1.82, 2.24) is 14.8 Å². The molecule has 0 saturated carbocycles. The number of hydrogen-bond acceptors (Lipinski definition) is 2. The van der Waals surface area contributed by atoms with E-state index in [4.69, 9.17) is 0 Å². The van der Waals surface area contributed by atoms with Crippen molar-refractivity contribution in [2.24, 2.45) is 7.05 Å². The van der Waals surface area contributed by atoms with E-state index >= 15 is 0 Å². The maximum absolute atomic E-state index is 4.27. The Morgan fingerprint density at radius 2 is 2.00 bits per heavy atom. The van der Waals surface area contributed by atoms with Gasteiger partial charge < -0.3 is 4.57 Å². The largest absolute Gasteiger partial charge is 0.322 e. The molecule has 0 N–H and O–H groups in total. The molecule has 2 heterocycles. The molecular formula is C8H15N3Si. The molecule has 0 aromatic carbocycles. The van der Waals surface area contributed by atoms with Gasteiger partial charge in [-0.05, 0) is 0 Å². The molecule has 12 heavy (non-hydrogen) atoms. The van der Waals surface area contributed by atoms with E-state index in [2.05, 4.69) is 35.7 Å². The lowest BCUT2D eigenvalue weighted by molar-refractivity contribution is 0.714. The van der Waals surface area contributed by atoms with Crippen LogP contribution in [0.4, 0.5) is 0 Å². The third kappa shape index (κ3) is 1.20. The van der Waals surface area contributed by atoms with Gasteiger partial charge in [0.1, 0.15) is 20.1 Å². The van der Waals surface area contributed by atoms with Gasteiger partial charge in [0, 0.05) is 13.0 Å². The molecule has 0 unspecified atom stereocenters. The third-order valence-electron chi connectivity index (χ3n) is 2.40. The van der Waals surface area contributed by atoms with Crippen molar-refractivity contribution in [3.8, 4) is 0 Å². The second-order valence-electron chi connectivity index (χ2n) is 3.90. The van der Waals surface area contributed by atoms with Gasteiger partial charge in [-0.3, -0.25) is 0 Å². The molecular weight excluding hydrogens is 166 g/mol. The Morgan fingerprint density at radius 3 is 2.42 bits per heavy atom. The van der Waals surface area contributed by atoms with Gasteiger partial charge in [-0.1, -0.05) is 25.9 Å². The average Bonchev–Trinajstić information content (AvgIpc) is 2.75. The van der Waals surface area contributed by atoms with Gasteiger partial charge in [0.25, 0.3) is 0 Å². The first-order valence-electron chi connectivity index (χ1n) is 4.59. The van der Waals surface area contributed by atoms with Crippen molar-refractivity contribution in [2.45, 2.75) is 31.9 Å². The molecule has 0 bridgehead atoms. The number of aromatic nitrogens is 3. The normalized spacial score (nSPS) is 17.3. The maximum Gasteiger partial charge on any atom is 0.134 e. The third-order valence-corrected chi connectivity index (χ3v) is 4.79. The van der Waals surface area contributed by atoms with E-state index in [1.54, 1.807) is 0 Å². The summed E-state index contributed by atoms with van der Waals surface area (Å²) >= 11 is 0. The highest BCUT2D eigenvalue weighted by Crippen LogP contribution is 2.20. The Labute approximate surface area is 74.4 Å². The minimum absolute atomic E-state index is 0.504. The monoisotopic (exact) mass is 181 g/mol. The predicted octanol–water partition coefficient (Wildman–Crippen LogP) is 0.386. The summed E-state index contributed by atoms with van der Waals surface area (Å²) in [5.74, 6) is 1.65. The SMILES string of the molecule is CC(C)c1nnc([SiH]2CC2)n1C. The molecule has 0 spiro atoms. The number of rotatable bonds is 2. The number of nitrogens with zero attached hydrogens (tertiary/aromatic N) is 3. The van der Waals surface area contributed by atoms with E-state index in [9.17, 15) is 0 Å². The smallest absolute Gasteiger partial charge is 0.134 e. The van der Waals surface area contributed by atoms with Crippen molar-refractivity contribution in [1.29, 1.82) is 0 Å². The quantitative estimate of drug-likeness (QED) is 0.618. The zero-order valence-electron chi connectivity index (χ0n) is 7.91. The molecule has 0 atom stereocenters. The summed E-state index contributed by atoms with van der Waals surface area (Å²) in [5, 5.41) is 8.50. The molecule has 1 aliphatic heterocycles. The van der Waals surface area contributed by atoms with Crippen LogP contribution in [0.25, 0.3) is 0 Å². The van der Waals surface area contributed by atoms with Crippen LogP contribution in [0.15, 0.2) is 0 Å². The molecule has 0 radical (unpaired) electrons. The lowest BCUT2D eigenvalue weighted by Crippen LogP contribution is -2.26. The van der Waals surface area contributed by atoms with Crippen molar-refractivity contribution < 1.29 is 0 Å². The molecule has 0 aliphatic carbocycles. The second-order valence-corrected chi connectivity index (χ2v) is 6.97. The molecule has 1 saturated heterocycles. The van der Waals surface area contributed by atoms with Gasteiger partial charge in [0.15, 0.2) is 0 Å². The number of hydrogen-bond donors (Lipinski definition) is 0. The first kappa shape index (κ1) is 7.98. The van der Waals surface area contributed by atoms with Crippen LogP contribution in [0.3, 0.4) is 0 Å². The summed E-state index contributed by atoms with van der Waals surface area (Å²) in [6, 6.07) is 2.87. The summed E-state index contributed by atoms with van der Waals surface area (Å²) in [6.07, 6.45) is 0. The summed E-state index contributed by atoms with van der Waals surface area (Å²) < 4.78 is 2.22. The van der Waals surface area contributed by atoms with Crippen LogP contribution < -0.4 is 5.45 Å². The summed E-state index contributed by atoms with van der Waals surface area (Å²) in [4.78, 5) is 0.